The van der Waals surface area contributed by atoms with Gasteiger partial charge in [-0.1, -0.05) is 97.1 Å². The fourth-order valence-electron chi connectivity index (χ4n) is 3.03. The summed E-state index contributed by atoms with van der Waals surface area (Å²) in [5.74, 6) is 0. The van der Waals surface area contributed by atoms with Gasteiger partial charge in [0.25, 0.3) is 0 Å². The summed E-state index contributed by atoms with van der Waals surface area (Å²) < 4.78 is 0. The van der Waals surface area contributed by atoms with Crippen LogP contribution in [0.5, 0.6) is 0 Å². The molecule has 0 aliphatic heterocycles. The van der Waals surface area contributed by atoms with Gasteiger partial charge in [-0.25, -0.2) is 0 Å². The van der Waals surface area contributed by atoms with Crippen LogP contribution >= 0.6 is 0 Å². The smallest absolute Gasteiger partial charge is 0.00255 e. The average Bonchev–Trinajstić information content (AvgIpc) is 2.63. The van der Waals surface area contributed by atoms with Crippen LogP contribution in [0.25, 0.3) is 21.9 Å². The van der Waals surface area contributed by atoms with E-state index >= 15 is 0 Å². The molecular weight excluding hydrogens is 276 g/mol. The van der Waals surface area contributed by atoms with Crippen LogP contribution in [-0.2, 0) is 6.42 Å². The predicted molar refractivity (Wildman–Crippen MR) is 98.6 cm³/mol. The SMILES string of the molecule is c1ccc(-c2ccc(Cc3ccc4ccccc4c3)cc2)cc1. The third-order valence-corrected chi connectivity index (χ3v) is 4.28. The largest absolute Gasteiger partial charge is 0.0622 e. The van der Waals surface area contributed by atoms with Crippen LogP contribution in [0.15, 0.2) is 97.1 Å². The maximum absolute atomic E-state index is 2.29. The maximum Gasteiger partial charge on any atom is -0.00255 e. The first-order valence-electron chi connectivity index (χ1n) is 8.00. The van der Waals surface area contributed by atoms with Crippen LogP contribution < -0.4 is 0 Å². The van der Waals surface area contributed by atoms with Crippen molar-refractivity contribution in [1.29, 1.82) is 0 Å². The molecule has 0 amide bonds. The molecule has 0 bridgehead atoms. The standard InChI is InChI=1S/C23H18/c1-2-6-20(7-3-1)22-13-10-18(11-14-22)16-19-12-15-21-8-4-5-9-23(21)17-19/h1-15,17H,16H2. The lowest BCUT2D eigenvalue weighted by Gasteiger charge is -2.06. The highest BCUT2D eigenvalue weighted by Gasteiger charge is 2.00. The highest BCUT2D eigenvalue weighted by atomic mass is 14.1. The summed E-state index contributed by atoms with van der Waals surface area (Å²) in [6, 6.07) is 34.7. The summed E-state index contributed by atoms with van der Waals surface area (Å²) in [6.45, 7) is 0. The van der Waals surface area contributed by atoms with Crippen molar-refractivity contribution in [3.8, 4) is 11.1 Å². The first-order valence-corrected chi connectivity index (χ1v) is 8.00. The lowest BCUT2D eigenvalue weighted by atomic mass is 9.99. The molecule has 0 saturated heterocycles. The minimum Gasteiger partial charge on any atom is -0.0622 e. The Morgan fingerprint density at radius 3 is 1.83 bits per heavy atom. The van der Waals surface area contributed by atoms with E-state index in [1.165, 1.54) is 33.0 Å². The molecule has 0 heterocycles. The molecule has 0 aliphatic rings. The molecule has 0 aliphatic carbocycles. The van der Waals surface area contributed by atoms with Crippen LogP contribution in [0, 0.1) is 0 Å². The summed E-state index contributed by atoms with van der Waals surface area (Å²) in [7, 11) is 0. The summed E-state index contributed by atoms with van der Waals surface area (Å²) in [4.78, 5) is 0. The first-order chi connectivity index (χ1) is 11.4. The quantitative estimate of drug-likeness (QED) is 0.428. The number of benzene rings is 4. The second-order valence-corrected chi connectivity index (χ2v) is 5.92. The van der Waals surface area contributed by atoms with Crippen LogP contribution in [-0.4, -0.2) is 0 Å². The van der Waals surface area contributed by atoms with Crippen molar-refractivity contribution in [2.75, 3.05) is 0 Å². The Balaban J connectivity index is 1.58. The molecule has 0 nitrogen and oxygen atoms in total. The molecular formula is C23H18. The fourth-order valence-corrected chi connectivity index (χ4v) is 3.03. The van der Waals surface area contributed by atoms with Gasteiger partial charge in [0.15, 0.2) is 0 Å². The molecule has 0 N–H and O–H groups in total. The first kappa shape index (κ1) is 13.8. The van der Waals surface area contributed by atoms with E-state index in [2.05, 4.69) is 97.1 Å². The molecule has 4 aromatic rings. The van der Waals surface area contributed by atoms with Crippen molar-refractivity contribution < 1.29 is 0 Å². The molecule has 0 aromatic heterocycles. The van der Waals surface area contributed by atoms with Crippen LogP contribution in [0.3, 0.4) is 0 Å². The molecule has 0 fully saturated rings. The molecule has 0 radical (unpaired) electrons. The van der Waals surface area contributed by atoms with Crippen molar-refractivity contribution in [1.82, 2.24) is 0 Å². The van der Waals surface area contributed by atoms with E-state index in [0.717, 1.165) is 6.42 Å². The third-order valence-electron chi connectivity index (χ3n) is 4.28. The summed E-state index contributed by atoms with van der Waals surface area (Å²) in [6.07, 6.45) is 0.972. The zero-order chi connectivity index (χ0) is 15.5. The Labute approximate surface area is 137 Å². The van der Waals surface area contributed by atoms with Crippen molar-refractivity contribution >= 4 is 10.8 Å². The second kappa shape index (κ2) is 6.10. The molecule has 0 unspecified atom stereocenters. The van der Waals surface area contributed by atoms with Gasteiger partial charge in [-0.15, -0.1) is 0 Å². The lowest BCUT2D eigenvalue weighted by molar-refractivity contribution is 1.20. The van der Waals surface area contributed by atoms with Gasteiger partial charge in [-0.2, -0.15) is 0 Å². The predicted octanol–water partition coefficient (Wildman–Crippen LogP) is 6.10. The zero-order valence-electron chi connectivity index (χ0n) is 12.9. The third kappa shape index (κ3) is 3.02. The molecule has 23 heavy (non-hydrogen) atoms. The molecule has 0 atom stereocenters. The van der Waals surface area contributed by atoms with Crippen LogP contribution in [0.1, 0.15) is 11.1 Å². The van der Waals surface area contributed by atoms with Gasteiger partial charge in [0, 0.05) is 0 Å². The Kier molecular flexibility index (Phi) is 3.65. The van der Waals surface area contributed by atoms with Gasteiger partial charge in [-0.3, -0.25) is 0 Å². The van der Waals surface area contributed by atoms with E-state index < -0.39 is 0 Å². The van der Waals surface area contributed by atoms with E-state index in [1.54, 1.807) is 0 Å². The normalized spacial score (nSPS) is 10.8. The molecule has 0 saturated carbocycles. The molecule has 4 rings (SSSR count). The highest BCUT2D eigenvalue weighted by molar-refractivity contribution is 5.83. The number of hydrogen-bond donors (Lipinski definition) is 0. The van der Waals surface area contributed by atoms with Crippen molar-refractivity contribution in [2.45, 2.75) is 6.42 Å². The maximum atomic E-state index is 2.29. The number of rotatable bonds is 3. The molecule has 0 spiro atoms. The molecule has 110 valence electrons. The Morgan fingerprint density at radius 2 is 1.04 bits per heavy atom. The van der Waals surface area contributed by atoms with E-state index in [-0.39, 0.29) is 0 Å². The topological polar surface area (TPSA) is 0 Å². The fraction of sp³-hybridized carbons (Fsp3) is 0.0435. The van der Waals surface area contributed by atoms with E-state index in [9.17, 15) is 0 Å². The van der Waals surface area contributed by atoms with Crippen molar-refractivity contribution in [3.05, 3.63) is 108 Å². The zero-order valence-corrected chi connectivity index (χ0v) is 12.9. The van der Waals surface area contributed by atoms with Crippen molar-refractivity contribution in [2.24, 2.45) is 0 Å². The summed E-state index contributed by atoms with van der Waals surface area (Å²) in [5, 5.41) is 2.61. The van der Waals surface area contributed by atoms with Crippen LogP contribution in [0.2, 0.25) is 0 Å². The van der Waals surface area contributed by atoms with Gasteiger partial charge in [-0.05, 0) is 39.4 Å². The Bertz CT molecular complexity index is 919. The summed E-state index contributed by atoms with van der Waals surface area (Å²) in [5.41, 5.74) is 5.24. The van der Waals surface area contributed by atoms with Gasteiger partial charge < -0.3 is 0 Å². The monoisotopic (exact) mass is 294 g/mol. The summed E-state index contributed by atoms with van der Waals surface area (Å²) >= 11 is 0. The van der Waals surface area contributed by atoms with E-state index in [4.69, 9.17) is 0 Å². The van der Waals surface area contributed by atoms with Gasteiger partial charge >= 0.3 is 0 Å². The number of hydrogen-bond acceptors (Lipinski definition) is 0. The number of fused-ring (bicyclic) bond motifs is 1. The van der Waals surface area contributed by atoms with Crippen molar-refractivity contribution in [3.63, 3.8) is 0 Å². The van der Waals surface area contributed by atoms with Gasteiger partial charge in [0.2, 0.25) is 0 Å². The van der Waals surface area contributed by atoms with Crippen LogP contribution in [0.4, 0.5) is 0 Å². The molecule has 4 aromatic carbocycles. The lowest BCUT2D eigenvalue weighted by Crippen LogP contribution is -1.88. The van der Waals surface area contributed by atoms with Gasteiger partial charge in [0.05, 0.1) is 0 Å². The van der Waals surface area contributed by atoms with Gasteiger partial charge in [0.1, 0.15) is 0 Å². The Hall–Kier alpha value is -2.86. The second-order valence-electron chi connectivity index (χ2n) is 5.92. The average molecular weight is 294 g/mol. The minimum atomic E-state index is 0.972. The van der Waals surface area contributed by atoms with E-state index in [1.807, 2.05) is 0 Å². The molecule has 0 heteroatoms. The highest BCUT2D eigenvalue weighted by Crippen LogP contribution is 2.22. The minimum absolute atomic E-state index is 0.972. The van der Waals surface area contributed by atoms with E-state index in [0.29, 0.717) is 0 Å². The Morgan fingerprint density at radius 1 is 0.435 bits per heavy atom.